The molecule has 0 aliphatic carbocycles. The zero-order chi connectivity index (χ0) is 33.4. The number of Topliss-reactive ketones (excluding diaryl/α,β-unsaturated/α-hetero) is 1. The molecular weight excluding hydrogens is 585 g/mol. The van der Waals surface area contributed by atoms with Crippen LogP contribution in [0.1, 0.15) is 129 Å². The Morgan fingerprint density at radius 3 is 1.58 bits per heavy atom. The predicted octanol–water partition coefficient (Wildman–Crippen LogP) is 4.79. The molecular formula is C33H60FN3O8. The van der Waals surface area contributed by atoms with E-state index < -0.39 is 24.6 Å². The van der Waals surface area contributed by atoms with Crippen LogP contribution < -0.4 is 16.0 Å². The van der Waals surface area contributed by atoms with Crippen LogP contribution in [0.4, 0.5) is 4.39 Å². The number of hydrogen-bond donors (Lipinski definition) is 4. The molecule has 0 aromatic carbocycles. The minimum absolute atomic E-state index is 0.0313. The fourth-order valence-electron chi connectivity index (χ4n) is 4.71. The first-order valence-corrected chi connectivity index (χ1v) is 17.0. The molecule has 0 radical (unpaired) electrons. The SMILES string of the molecule is CC(=O)C(CCF)NC(=O)COCCOCCNC(=O)CCCNC(=O)CCCCCCCCCCCCCCCCC(=O)O. The van der Waals surface area contributed by atoms with Crippen molar-refractivity contribution in [3.63, 3.8) is 0 Å². The minimum atomic E-state index is -0.841. The van der Waals surface area contributed by atoms with Gasteiger partial charge in [-0.05, 0) is 26.2 Å². The lowest BCUT2D eigenvalue weighted by molar-refractivity contribution is -0.137. The molecule has 0 heterocycles. The van der Waals surface area contributed by atoms with Crippen molar-refractivity contribution in [3.05, 3.63) is 0 Å². The van der Waals surface area contributed by atoms with E-state index in [2.05, 4.69) is 16.0 Å². The summed E-state index contributed by atoms with van der Waals surface area (Å²) in [7, 11) is 0. The van der Waals surface area contributed by atoms with E-state index in [9.17, 15) is 28.4 Å². The highest BCUT2D eigenvalue weighted by molar-refractivity contribution is 5.87. The molecule has 0 saturated heterocycles. The topological polar surface area (TPSA) is 160 Å². The Balaban J connectivity index is 3.42. The van der Waals surface area contributed by atoms with Gasteiger partial charge in [0, 0.05) is 38.8 Å². The molecule has 0 bridgehead atoms. The van der Waals surface area contributed by atoms with Crippen molar-refractivity contribution in [2.45, 2.75) is 135 Å². The monoisotopic (exact) mass is 645 g/mol. The highest BCUT2D eigenvalue weighted by Gasteiger charge is 2.16. The number of aliphatic carboxylic acids is 1. The molecule has 1 atom stereocenters. The van der Waals surface area contributed by atoms with Crippen LogP contribution in [0, 0.1) is 0 Å². The van der Waals surface area contributed by atoms with Crippen LogP contribution in [0.5, 0.6) is 0 Å². The molecule has 1 unspecified atom stereocenters. The normalized spacial score (nSPS) is 11.6. The number of carbonyl (C=O) groups excluding carboxylic acids is 4. The maximum absolute atomic E-state index is 12.4. The maximum atomic E-state index is 12.4. The number of carboxylic acid groups (broad SMARTS) is 1. The first-order chi connectivity index (χ1) is 21.8. The Labute approximate surface area is 269 Å². The number of nitrogens with one attached hydrogen (secondary N) is 3. The van der Waals surface area contributed by atoms with E-state index in [0.29, 0.717) is 45.4 Å². The number of carboxylic acids is 1. The lowest BCUT2D eigenvalue weighted by Crippen LogP contribution is -2.42. The Bertz CT molecular complexity index is 800. The number of alkyl halides is 1. The molecule has 0 spiro atoms. The number of halogens is 1. The third kappa shape index (κ3) is 31.2. The third-order valence-corrected chi connectivity index (χ3v) is 7.34. The lowest BCUT2D eigenvalue weighted by Gasteiger charge is -2.14. The van der Waals surface area contributed by atoms with Gasteiger partial charge in [-0.1, -0.05) is 77.0 Å². The van der Waals surface area contributed by atoms with Gasteiger partial charge in [0.05, 0.1) is 32.5 Å². The smallest absolute Gasteiger partial charge is 0.303 e. The molecule has 0 fully saturated rings. The van der Waals surface area contributed by atoms with Crippen LogP contribution >= 0.6 is 0 Å². The summed E-state index contributed by atoms with van der Waals surface area (Å²) in [4.78, 5) is 57.4. The molecule has 262 valence electrons. The van der Waals surface area contributed by atoms with Crippen LogP contribution in [0.15, 0.2) is 0 Å². The molecule has 0 rings (SSSR count). The number of rotatable bonds is 33. The molecule has 12 heteroatoms. The van der Waals surface area contributed by atoms with Crippen LogP contribution in [0.3, 0.4) is 0 Å². The summed E-state index contributed by atoms with van der Waals surface area (Å²) in [5.41, 5.74) is 0. The van der Waals surface area contributed by atoms with E-state index in [4.69, 9.17) is 14.6 Å². The zero-order valence-corrected chi connectivity index (χ0v) is 27.6. The first kappa shape index (κ1) is 42.4. The Morgan fingerprint density at radius 1 is 0.600 bits per heavy atom. The molecule has 11 nitrogen and oxygen atoms in total. The van der Waals surface area contributed by atoms with Gasteiger partial charge >= 0.3 is 5.97 Å². The summed E-state index contributed by atoms with van der Waals surface area (Å²) in [5.74, 6) is -1.58. The molecule has 3 amide bonds. The van der Waals surface area contributed by atoms with Gasteiger partial charge in [-0.3, -0.25) is 28.4 Å². The standard InChI is InChI=1S/C33H60FN3O8/c1-28(38)29(20-21-34)37-32(41)27-45-26-25-44-24-23-36-31(40)18-16-22-35-30(39)17-14-12-10-8-6-4-2-3-5-7-9-11-13-15-19-33(42)43/h29H,2-27H2,1H3,(H,35,39)(H,36,40)(H,37,41)(H,42,43). The Hall–Kier alpha value is -2.60. The predicted molar refractivity (Wildman–Crippen MR) is 172 cm³/mol. The van der Waals surface area contributed by atoms with Crippen molar-refractivity contribution < 1.29 is 42.9 Å². The molecule has 45 heavy (non-hydrogen) atoms. The number of carbonyl (C=O) groups is 5. The van der Waals surface area contributed by atoms with Crippen LogP contribution in [-0.4, -0.2) is 86.8 Å². The maximum Gasteiger partial charge on any atom is 0.303 e. The minimum Gasteiger partial charge on any atom is -0.481 e. The van der Waals surface area contributed by atoms with Crippen molar-refractivity contribution in [3.8, 4) is 0 Å². The van der Waals surface area contributed by atoms with Gasteiger partial charge in [-0.15, -0.1) is 0 Å². The number of unbranched alkanes of at least 4 members (excludes halogenated alkanes) is 13. The van der Waals surface area contributed by atoms with Crippen molar-refractivity contribution >= 4 is 29.5 Å². The molecule has 0 aliphatic rings. The molecule has 0 aromatic rings. The lowest BCUT2D eigenvalue weighted by atomic mass is 10.0. The summed E-state index contributed by atoms with van der Waals surface area (Å²) in [6.45, 7) is 1.85. The second-order valence-corrected chi connectivity index (χ2v) is 11.5. The summed E-state index contributed by atoms with van der Waals surface area (Å²) in [6.07, 6.45) is 17.7. The first-order valence-electron chi connectivity index (χ1n) is 17.0. The molecule has 4 N–H and O–H groups in total. The van der Waals surface area contributed by atoms with Gasteiger partial charge in [-0.2, -0.15) is 0 Å². The largest absolute Gasteiger partial charge is 0.481 e. The van der Waals surface area contributed by atoms with E-state index >= 15 is 0 Å². The van der Waals surface area contributed by atoms with Crippen molar-refractivity contribution in [2.24, 2.45) is 0 Å². The van der Waals surface area contributed by atoms with Gasteiger partial charge in [0.15, 0.2) is 5.78 Å². The van der Waals surface area contributed by atoms with Crippen molar-refractivity contribution in [1.29, 1.82) is 0 Å². The van der Waals surface area contributed by atoms with E-state index in [0.717, 1.165) is 38.5 Å². The third-order valence-electron chi connectivity index (χ3n) is 7.34. The summed E-state index contributed by atoms with van der Waals surface area (Å²) in [6, 6.07) is -0.841. The van der Waals surface area contributed by atoms with Crippen molar-refractivity contribution in [1.82, 2.24) is 16.0 Å². The number of ketones is 1. The second-order valence-electron chi connectivity index (χ2n) is 11.5. The van der Waals surface area contributed by atoms with Crippen LogP contribution in [0.2, 0.25) is 0 Å². The van der Waals surface area contributed by atoms with Crippen LogP contribution in [0.25, 0.3) is 0 Å². The quantitative estimate of drug-likeness (QED) is 0.0741. The zero-order valence-electron chi connectivity index (χ0n) is 27.6. The van der Waals surface area contributed by atoms with Gasteiger partial charge in [0.1, 0.15) is 6.61 Å². The number of amides is 3. The van der Waals surface area contributed by atoms with Gasteiger partial charge in [0.25, 0.3) is 0 Å². The average molecular weight is 646 g/mol. The Kier molecular flexibility index (Phi) is 29.6. The summed E-state index contributed by atoms with van der Waals surface area (Å²) >= 11 is 0. The van der Waals surface area contributed by atoms with E-state index in [1.54, 1.807) is 0 Å². The van der Waals surface area contributed by atoms with E-state index in [1.807, 2.05) is 0 Å². The average Bonchev–Trinajstić information content (AvgIpc) is 3.00. The second kappa shape index (κ2) is 31.4. The molecule has 0 aliphatic heterocycles. The molecule has 0 aromatic heterocycles. The summed E-state index contributed by atoms with van der Waals surface area (Å²) < 4.78 is 22.9. The van der Waals surface area contributed by atoms with Gasteiger partial charge in [0.2, 0.25) is 17.7 Å². The van der Waals surface area contributed by atoms with Gasteiger partial charge in [-0.25, -0.2) is 0 Å². The van der Waals surface area contributed by atoms with Gasteiger partial charge < -0.3 is 30.5 Å². The number of ether oxygens (including phenoxy) is 2. The fourth-order valence-corrected chi connectivity index (χ4v) is 4.71. The fraction of sp³-hybridized carbons (Fsp3) is 0.848. The number of hydrogen-bond acceptors (Lipinski definition) is 7. The highest BCUT2D eigenvalue weighted by Crippen LogP contribution is 2.13. The van der Waals surface area contributed by atoms with Crippen molar-refractivity contribution in [2.75, 3.05) is 46.2 Å². The van der Waals surface area contributed by atoms with Crippen LogP contribution in [-0.2, 0) is 33.4 Å². The summed E-state index contributed by atoms with van der Waals surface area (Å²) in [5, 5.41) is 16.7. The van der Waals surface area contributed by atoms with E-state index in [-0.39, 0.29) is 43.8 Å². The Morgan fingerprint density at radius 2 is 1.07 bits per heavy atom. The molecule has 0 saturated carbocycles. The van der Waals surface area contributed by atoms with E-state index in [1.165, 1.54) is 58.3 Å². The highest BCUT2D eigenvalue weighted by atomic mass is 19.1.